The van der Waals surface area contributed by atoms with E-state index in [0.29, 0.717) is 9.59 Å². The molecule has 35 heavy (non-hydrogen) atoms. The highest BCUT2D eigenvalue weighted by atomic mass is 35.5. The maximum absolute atomic E-state index is 14.8. The number of ether oxygens (including phenoxy) is 2. The maximum atomic E-state index is 14.8. The van der Waals surface area contributed by atoms with E-state index in [2.05, 4.69) is 10.1 Å². The number of anilines is 1. The third kappa shape index (κ3) is 5.47. The Kier molecular flexibility index (Phi) is 7.13. The first-order chi connectivity index (χ1) is 16.5. The standard InChI is InChI=1S/C19H20ClF2N4O8P/c20-10-1-3-11(4-2-10)34-35(30,25-12-6-8-31-16(12)28)32-9-13-15(27)19(21,22)17(33-13)26-7-5-14(23)24-18(26)29/h1-5,7,12-13,15,17,27H,6,8-9H2,(H,25,30)(H2,23,24,29)/t12-,13+,15+,17+,35?/m0/s1. The summed E-state index contributed by atoms with van der Waals surface area (Å²) < 4.78 is 64.1. The van der Waals surface area contributed by atoms with E-state index in [1.807, 2.05) is 0 Å². The molecule has 4 N–H and O–H groups in total. The summed E-state index contributed by atoms with van der Waals surface area (Å²) in [5, 5.41) is 13.0. The van der Waals surface area contributed by atoms with Gasteiger partial charge in [-0.15, -0.1) is 0 Å². The predicted molar refractivity (Wildman–Crippen MR) is 116 cm³/mol. The van der Waals surface area contributed by atoms with E-state index in [9.17, 15) is 28.0 Å². The molecule has 5 atom stereocenters. The summed E-state index contributed by atoms with van der Waals surface area (Å²) >= 11 is 5.83. The van der Waals surface area contributed by atoms with Crippen LogP contribution in [0.5, 0.6) is 5.75 Å². The van der Waals surface area contributed by atoms with E-state index in [-0.39, 0.29) is 24.6 Å². The Bertz CT molecular complexity index is 1200. The monoisotopic (exact) mass is 536 g/mol. The van der Waals surface area contributed by atoms with Crippen LogP contribution >= 0.6 is 19.3 Å². The van der Waals surface area contributed by atoms with E-state index in [4.69, 9.17) is 35.9 Å². The van der Waals surface area contributed by atoms with Crippen molar-refractivity contribution < 1.29 is 41.8 Å². The molecule has 1 aromatic heterocycles. The molecule has 16 heteroatoms. The van der Waals surface area contributed by atoms with E-state index < -0.39 is 56.4 Å². The molecule has 2 aliphatic rings. The number of aliphatic hydroxyl groups excluding tert-OH is 1. The maximum Gasteiger partial charge on any atom is 0.459 e. The van der Waals surface area contributed by atoms with Crippen molar-refractivity contribution in [3.05, 3.63) is 52.0 Å². The van der Waals surface area contributed by atoms with Crippen LogP contribution in [0.3, 0.4) is 0 Å². The number of aliphatic hydroxyl groups is 1. The van der Waals surface area contributed by atoms with Crippen LogP contribution in [0.1, 0.15) is 12.6 Å². The van der Waals surface area contributed by atoms with Crippen LogP contribution in [-0.2, 0) is 23.4 Å². The molecule has 0 spiro atoms. The topological polar surface area (TPSA) is 164 Å². The van der Waals surface area contributed by atoms with Gasteiger partial charge in [-0.1, -0.05) is 11.6 Å². The van der Waals surface area contributed by atoms with Crippen molar-refractivity contribution in [2.75, 3.05) is 18.9 Å². The average Bonchev–Trinajstić information content (AvgIpc) is 3.29. The number of alkyl halides is 2. The van der Waals surface area contributed by atoms with Gasteiger partial charge in [0.2, 0.25) is 6.23 Å². The molecular weight excluding hydrogens is 517 g/mol. The molecule has 0 aliphatic carbocycles. The normalized spacial score (nSPS) is 27.4. The molecule has 0 bridgehead atoms. The van der Waals surface area contributed by atoms with E-state index in [1.54, 1.807) is 0 Å². The lowest BCUT2D eigenvalue weighted by molar-refractivity contribution is -0.141. The van der Waals surface area contributed by atoms with Gasteiger partial charge in [-0.2, -0.15) is 18.9 Å². The minimum Gasteiger partial charge on any atom is -0.464 e. The molecule has 0 amide bonds. The summed E-state index contributed by atoms with van der Waals surface area (Å²) in [6.07, 6.45) is -5.32. The van der Waals surface area contributed by atoms with Gasteiger partial charge >= 0.3 is 25.3 Å². The highest BCUT2D eigenvalue weighted by Crippen LogP contribution is 2.48. The second kappa shape index (κ2) is 9.80. The fourth-order valence-electron chi connectivity index (χ4n) is 3.41. The van der Waals surface area contributed by atoms with Crippen LogP contribution in [-0.4, -0.2) is 58.0 Å². The smallest absolute Gasteiger partial charge is 0.459 e. The Hall–Kier alpha value is -2.61. The highest BCUT2D eigenvalue weighted by molar-refractivity contribution is 7.52. The van der Waals surface area contributed by atoms with Gasteiger partial charge in [-0.25, -0.2) is 9.36 Å². The van der Waals surface area contributed by atoms with Crippen LogP contribution in [0.2, 0.25) is 5.02 Å². The van der Waals surface area contributed by atoms with Gasteiger partial charge < -0.3 is 24.8 Å². The van der Waals surface area contributed by atoms with Crippen molar-refractivity contribution in [2.45, 2.75) is 36.8 Å². The minimum atomic E-state index is -4.40. The summed E-state index contributed by atoms with van der Waals surface area (Å²) in [5.41, 5.74) is 4.25. The zero-order valence-corrected chi connectivity index (χ0v) is 19.4. The molecule has 0 radical (unpaired) electrons. The first-order valence-electron chi connectivity index (χ1n) is 10.2. The molecule has 1 unspecified atom stereocenters. The van der Waals surface area contributed by atoms with E-state index >= 15 is 0 Å². The highest BCUT2D eigenvalue weighted by Gasteiger charge is 2.60. The zero-order valence-electron chi connectivity index (χ0n) is 17.8. The number of carbonyl (C=O) groups is 1. The summed E-state index contributed by atoms with van der Waals surface area (Å²) in [5.74, 6) is -4.80. The molecule has 190 valence electrons. The van der Waals surface area contributed by atoms with Crippen LogP contribution in [0, 0.1) is 0 Å². The van der Waals surface area contributed by atoms with Crippen molar-refractivity contribution in [1.29, 1.82) is 0 Å². The second-order valence-electron chi connectivity index (χ2n) is 7.66. The van der Waals surface area contributed by atoms with Crippen molar-refractivity contribution in [1.82, 2.24) is 14.6 Å². The lowest BCUT2D eigenvalue weighted by Gasteiger charge is -2.24. The number of nitrogens with one attached hydrogen (secondary N) is 1. The fourth-order valence-corrected chi connectivity index (χ4v) is 5.07. The van der Waals surface area contributed by atoms with E-state index in [1.165, 1.54) is 24.3 Å². The minimum absolute atomic E-state index is 0.0344. The molecule has 0 saturated carbocycles. The van der Waals surface area contributed by atoms with Gasteiger partial charge in [0.25, 0.3) is 0 Å². The van der Waals surface area contributed by atoms with Crippen LogP contribution < -0.4 is 21.0 Å². The fraction of sp³-hybridized carbons (Fsp3) is 0.421. The largest absolute Gasteiger partial charge is 0.464 e. The van der Waals surface area contributed by atoms with Crippen molar-refractivity contribution in [3.63, 3.8) is 0 Å². The van der Waals surface area contributed by atoms with Crippen molar-refractivity contribution >= 4 is 31.1 Å². The molecule has 3 heterocycles. The van der Waals surface area contributed by atoms with Gasteiger partial charge in [0.1, 0.15) is 23.7 Å². The number of benzene rings is 1. The van der Waals surface area contributed by atoms with Gasteiger partial charge in [-0.3, -0.25) is 13.9 Å². The van der Waals surface area contributed by atoms with Gasteiger partial charge in [0.15, 0.2) is 6.10 Å². The first kappa shape index (κ1) is 25.5. The van der Waals surface area contributed by atoms with Crippen molar-refractivity contribution in [2.24, 2.45) is 0 Å². The summed E-state index contributed by atoms with van der Waals surface area (Å²) in [4.78, 5) is 27.2. The summed E-state index contributed by atoms with van der Waals surface area (Å²) in [7, 11) is -4.40. The third-order valence-electron chi connectivity index (χ3n) is 5.18. The SMILES string of the molecule is Nc1ccn([C@@H]2O[C@H](COP(=O)(N[C@H]3CCOC3=O)Oc3ccc(Cl)cc3)[C@@H](O)C2(F)F)c(=O)n1. The number of rotatable bonds is 8. The lowest BCUT2D eigenvalue weighted by Crippen LogP contribution is -2.42. The number of nitrogens with two attached hydrogens (primary N) is 1. The Labute approximate surface area is 201 Å². The molecule has 2 aromatic rings. The Morgan fingerprint density at radius 2 is 2.03 bits per heavy atom. The number of nitrogens with zero attached hydrogens (tertiary/aromatic N) is 2. The summed E-state index contributed by atoms with van der Waals surface area (Å²) in [6, 6.07) is 5.69. The molecule has 1 aromatic carbocycles. The third-order valence-corrected chi connectivity index (χ3v) is 7.00. The number of halogens is 3. The molecule has 4 rings (SSSR count). The van der Waals surface area contributed by atoms with Crippen LogP contribution in [0.25, 0.3) is 0 Å². The number of cyclic esters (lactones) is 1. The van der Waals surface area contributed by atoms with E-state index in [0.717, 1.165) is 12.3 Å². The first-order valence-corrected chi connectivity index (χ1v) is 12.1. The zero-order chi connectivity index (χ0) is 25.4. The predicted octanol–water partition coefficient (Wildman–Crippen LogP) is 1.48. The van der Waals surface area contributed by atoms with Gasteiger partial charge in [-0.05, 0) is 30.3 Å². The number of hydrogen-bond donors (Lipinski definition) is 3. The number of hydrogen-bond acceptors (Lipinski definition) is 10. The molecule has 2 aliphatic heterocycles. The Morgan fingerprint density at radius 1 is 1.31 bits per heavy atom. The number of carbonyl (C=O) groups excluding carboxylic acids is 1. The lowest BCUT2D eigenvalue weighted by atomic mass is 10.1. The number of esters is 1. The Balaban J connectivity index is 1.53. The molecule has 2 saturated heterocycles. The molecule has 12 nitrogen and oxygen atoms in total. The average molecular weight is 537 g/mol. The number of aromatic nitrogens is 2. The second-order valence-corrected chi connectivity index (χ2v) is 9.80. The van der Waals surface area contributed by atoms with Crippen LogP contribution in [0.4, 0.5) is 14.6 Å². The molecule has 2 fully saturated rings. The van der Waals surface area contributed by atoms with Gasteiger partial charge in [0, 0.05) is 17.6 Å². The van der Waals surface area contributed by atoms with Crippen LogP contribution in [0.15, 0.2) is 41.3 Å². The Morgan fingerprint density at radius 3 is 2.66 bits per heavy atom. The summed E-state index contributed by atoms with van der Waals surface area (Å²) in [6.45, 7) is -0.787. The quantitative estimate of drug-likeness (QED) is 0.330. The van der Waals surface area contributed by atoms with Crippen molar-refractivity contribution in [3.8, 4) is 5.75 Å². The van der Waals surface area contributed by atoms with Gasteiger partial charge in [0.05, 0.1) is 13.2 Å². The number of nitrogen functional groups attached to an aromatic ring is 1. The molecular formula is C19H20ClF2N4O8P.